The van der Waals surface area contributed by atoms with Crippen LogP contribution in [0.3, 0.4) is 0 Å². The van der Waals surface area contributed by atoms with Crippen molar-refractivity contribution in [2.75, 3.05) is 0 Å². The van der Waals surface area contributed by atoms with E-state index in [0.717, 1.165) is 54.4 Å². The van der Waals surface area contributed by atoms with E-state index < -0.39 is 20.2 Å². The fourth-order valence-corrected chi connectivity index (χ4v) is 7.51. The maximum absolute atomic E-state index is 12.8. The van der Waals surface area contributed by atoms with Crippen LogP contribution in [-0.2, 0) is 25.7 Å². The van der Waals surface area contributed by atoms with E-state index >= 15 is 0 Å². The molecule has 0 unspecified atom stereocenters. The van der Waals surface area contributed by atoms with Crippen molar-refractivity contribution in [1.82, 2.24) is 0 Å². The van der Waals surface area contributed by atoms with Crippen LogP contribution >= 0.6 is 0 Å². The molecule has 1 aliphatic carbocycles. The third kappa shape index (κ3) is 5.64. The summed E-state index contributed by atoms with van der Waals surface area (Å²) in [6, 6.07) is 27.6. The molecule has 1 fully saturated rings. The van der Waals surface area contributed by atoms with Gasteiger partial charge in [-0.05, 0) is 85.3 Å². The van der Waals surface area contributed by atoms with E-state index in [9.17, 15) is 16.8 Å². The van der Waals surface area contributed by atoms with E-state index in [2.05, 4.69) is 0 Å². The lowest BCUT2D eigenvalue weighted by atomic mass is 9.65. The molecular weight excluding hydrogens is 544 g/mol. The second-order valence-electron chi connectivity index (χ2n) is 10.3. The van der Waals surface area contributed by atoms with Gasteiger partial charge in [-0.3, -0.25) is 0 Å². The molecule has 4 aromatic rings. The van der Waals surface area contributed by atoms with Crippen LogP contribution in [0, 0.1) is 13.8 Å². The number of hydrogen-bond acceptors (Lipinski definition) is 6. The van der Waals surface area contributed by atoms with Crippen molar-refractivity contribution in [2.24, 2.45) is 0 Å². The van der Waals surface area contributed by atoms with Gasteiger partial charge < -0.3 is 8.37 Å². The highest BCUT2D eigenvalue weighted by molar-refractivity contribution is 7.87. The third-order valence-corrected chi connectivity index (χ3v) is 10.1. The predicted molar refractivity (Wildman–Crippen MR) is 155 cm³/mol. The molecule has 0 aromatic heterocycles. The van der Waals surface area contributed by atoms with Crippen molar-refractivity contribution < 1.29 is 25.2 Å². The van der Waals surface area contributed by atoms with Crippen LogP contribution in [0.15, 0.2) is 107 Å². The van der Waals surface area contributed by atoms with Gasteiger partial charge in [-0.15, -0.1) is 0 Å². The summed E-state index contributed by atoms with van der Waals surface area (Å²) < 4.78 is 62.3. The van der Waals surface area contributed by atoms with Crippen molar-refractivity contribution >= 4 is 20.2 Å². The lowest BCUT2D eigenvalue weighted by molar-refractivity contribution is 0.345. The number of aryl methyl sites for hydroxylation is 2. The molecule has 0 radical (unpaired) electrons. The molecule has 8 heteroatoms. The summed E-state index contributed by atoms with van der Waals surface area (Å²) in [6.45, 7) is 3.71. The van der Waals surface area contributed by atoms with Gasteiger partial charge in [0.2, 0.25) is 0 Å². The van der Waals surface area contributed by atoms with Gasteiger partial charge in [-0.1, -0.05) is 79.9 Å². The quantitative estimate of drug-likeness (QED) is 0.208. The smallest absolute Gasteiger partial charge is 0.339 e. The van der Waals surface area contributed by atoms with Gasteiger partial charge in [0.15, 0.2) is 0 Å². The Morgan fingerprint density at radius 1 is 0.550 bits per heavy atom. The van der Waals surface area contributed by atoms with Gasteiger partial charge in [0, 0.05) is 5.41 Å². The fraction of sp³-hybridized carbons (Fsp3) is 0.250. The Labute approximate surface area is 236 Å². The Hall–Kier alpha value is -3.62. The Balaban J connectivity index is 1.46. The van der Waals surface area contributed by atoms with E-state index in [0.29, 0.717) is 11.5 Å². The van der Waals surface area contributed by atoms with Crippen LogP contribution in [0.4, 0.5) is 0 Å². The van der Waals surface area contributed by atoms with Crippen molar-refractivity contribution in [3.8, 4) is 11.5 Å². The minimum absolute atomic E-state index is 0.106. The molecule has 5 rings (SSSR count). The van der Waals surface area contributed by atoms with Crippen LogP contribution in [0.2, 0.25) is 0 Å². The highest BCUT2D eigenvalue weighted by Crippen LogP contribution is 2.46. The summed E-state index contributed by atoms with van der Waals surface area (Å²) in [6.07, 6.45) is 5.11. The first-order valence-electron chi connectivity index (χ1n) is 13.3. The SMILES string of the molecule is Cc1cc(C2(c3ccc(OS(=O)(=O)c4ccccc4)c(C)c3)CCCCC2)ccc1OS(=O)(=O)c1ccccc1. The third-order valence-electron chi connectivity index (χ3n) is 7.62. The zero-order valence-electron chi connectivity index (χ0n) is 22.5. The van der Waals surface area contributed by atoms with Crippen LogP contribution in [0.5, 0.6) is 11.5 Å². The zero-order valence-corrected chi connectivity index (χ0v) is 24.2. The maximum Gasteiger partial charge on any atom is 0.339 e. The van der Waals surface area contributed by atoms with E-state index in [1.54, 1.807) is 48.5 Å². The van der Waals surface area contributed by atoms with Gasteiger partial charge in [-0.25, -0.2) is 0 Å². The molecule has 0 spiro atoms. The molecule has 40 heavy (non-hydrogen) atoms. The summed E-state index contributed by atoms with van der Waals surface area (Å²) in [5.74, 6) is 0.592. The van der Waals surface area contributed by atoms with Gasteiger partial charge in [0.1, 0.15) is 21.3 Å². The van der Waals surface area contributed by atoms with Crippen LogP contribution in [0.25, 0.3) is 0 Å². The summed E-state index contributed by atoms with van der Waals surface area (Å²) in [7, 11) is -7.90. The lowest BCUT2D eigenvalue weighted by Crippen LogP contribution is -2.30. The van der Waals surface area contributed by atoms with Gasteiger partial charge >= 0.3 is 20.2 Å². The van der Waals surface area contributed by atoms with Gasteiger partial charge in [-0.2, -0.15) is 16.8 Å². The summed E-state index contributed by atoms with van der Waals surface area (Å²) in [4.78, 5) is 0.212. The first-order chi connectivity index (χ1) is 19.1. The first kappa shape index (κ1) is 27.9. The standard InChI is InChI=1S/C32H32O6S2/c1-24-22-26(16-18-30(24)37-39(33,34)28-12-6-3-7-13-28)32(20-10-5-11-21-32)27-17-19-31(25(2)23-27)38-40(35,36)29-14-8-4-9-15-29/h3-4,6-9,12-19,22-23H,5,10-11,20-21H2,1-2H3. The Morgan fingerprint density at radius 2 is 0.950 bits per heavy atom. The molecule has 0 N–H and O–H groups in total. The Bertz CT molecular complexity index is 1590. The minimum Gasteiger partial charge on any atom is -0.379 e. The second-order valence-corrected chi connectivity index (χ2v) is 13.4. The number of rotatable bonds is 8. The summed E-state index contributed by atoms with van der Waals surface area (Å²) in [5.41, 5.74) is 3.33. The zero-order chi connectivity index (χ0) is 28.4. The van der Waals surface area contributed by atoms with E-state index in [1.165, 1.54) is 24.3 Å². The van der Waals surface area contributed by atoms with Crippen molar-refractivity contribution in [2.45, 2.75) is 61.2 Å². The highest BCUT2D eigenvalue weighted by atomic mass is 32.2. The molecule has 4 aromatic carbocycles. The normalized spacial score (nSPS) is 15.3. The molecule has 6 nitrogen and oxygen atoms in total. The summed E-state index contributed by atoms with van der Waals surface area (Å²) >= 11 is 0. The van der Waals surface area contributed by atoms with Crippen LogP contribution in [0.1, 0.15) is 54.4 Å². The first-order valence-corrected chi connectivity index (χ1v) is 16.1. The topological polar surface area (TPSA) is 86.7 Å². The van der Waals surface area contributed by atoms with Crippen molar-refractivity contribution in [3.63, 3.8) is 0 Å². The number of benzene rings is 4. The summed E-state index contributed by atoms with van der Waals surface area (Å²) in [5, 5.41) is 0. The Morgan fingerprint density at radius 3 is 1.32 bits per heavy atom. The van der Waals surface area contributed by atoms with Crippen LogP contribution < -0.4 is 8.37 Å². The molecule has 0 aliphatic heterocycles. The van der Waals surface area contributed by atoms with E-state index in [-0.39, 0.29) is 15.2 Å². The molecule has 0 heterocycles. The van der Waals surface area contributed by atoms with E-state index in [4.69, 9.17) is 8.37 Å². The van der Waals surface area contributed by atoms with E-state index in [1.807, 2.05) is 38.1 Å². The van der Waals surface area contributed by atoms with Gasteiger partial charge in [0.05, 0.1) is 0 Å². The highest BCUT2D eigenvalue weighted by Gasteiger charge is 2.36. The predicted octanol–water partition coefficient (Wildman–Crippen LogP) is 7.09. The fourth-order valence-electron chi connectivity index (χ4n) is 5.49. The average Bonchev–Trinajstić information content (AvgIpc) is 2.96. The number of hydrogen-bond donors (Lipinski definition) is 0. The molecule has 1 aliphatic rings. The molecule has 0 amide bonds. The lowest BCUT2D eigenvalue weighted by Gasteiger charge is -2.39. The second kappa shape index (κ2) is 11.1. The molecule has 0 atom stereocenters. The minimum atomic E-state index is -3.95. The average molecular weight is 577 g/mol. The monoisotopic (exact) mass is 576 g/mol. The maximum atomic E-state index is 12.8. The van der Waals surface area contributed by atoms with Crippen LogP contribution in [-0.4, -0.2) is 16.8 Å². The molecule has 208 valence electrons. The Kier molecular flexibility index (Phi) is 7.75. The van der Waals surface area contributed by atoms with Gasteiger partial charge in [0.25, 0.3) is 0 Å². The molecule has 0 bridgehead atoms. The van der Waals surface area contributed by atoms with Crippen molar-refractivity contribution in [3.05, 3.63) is 119 Å². The molecular formula is C32H32O6S2. The molecule has 1 saturated carbocycles. The largest absolute Gasteiger partial charge is 0.379 e. The molecule has 0 saturated heterocycles. The van der Waals surface area contributed by atoms with Crippen molar-refractivity contribution in [1.29, 1.82) is 0 Å².